The fourth-order valence-corrected chi connectivity index (χ4v) is 4.90. The average Bonchev–Trinajstić information content (AvgIpc) is 3.33. The lowest BCUT2D eigenvalue weighted by Crippen LogP contribution is -2.44. The highest BCUT2D eigenvalue weighted by molar-refractivity contribution is 7.98. The summed E-state index contributed by atoms with van der Waals surface area (Å²) in [6, 6.07) is 16.5. The molecule has 0 aliphatic carbocycles. The Morgan fingerprint density at radius 2 is 2.00 bits per heavy atom. The van der Waals surface area contributed by atoms with Gasteiger partial charge in [0.2, 0.25) is 11.8 Å². The van der Waals surface area contributed by atoms with Gasteiger partial charge in [-0.15, -0.1) is 11.8 Å². The van der Waals surface area contributed by atoms with Crippen LogP contribution in [-0.4, -0.2) is 39.7 Å². The van der Waals surface area contributed by atoms with Crippen LogP contribution in [0.2, 0.25) is 0 Å². The summed E-state index contributed by atoms with van der Waals surface area (Å²) in [5, 5.41) is 6.19. The van der Waals surface area contributed by atoms with Gasteiger partial charge in [0, 0.05) is 43.3 Å². The number of amides is 2. The molecule has 6 nitrogen and oxygen atoms in total. The third-order valence-corrected chi connectivity index (χ3v) is 7.06. The van der Waals surface area contributed by atoms with Crippen molar-refractivity contribution in [2.45, 2.75) is 49.0 Å². The van der Waals surface area contributed by atoms with Crippen LogP contribution in [0.4, 0.5) is 0 Å². The predicted molar refractivity (Wildman–Crippen MR) is 129 cm³/mol. The monoisotopic (exact) mass is 450 g/mol. The molecule has 1 aliphatic rings. The van der Waals surface area contributed by atoms with Gasteiger partial charge in [0.15, 0.2) is 0 Å². The van der Waals surface area contributed by atoms with E-state index in [4.69, 9.17) is 0 Å². The van der Waals surface area contributed by atoms with Gasteiger partial charge in [-0.05, 0) is 55.3 Å². The van der Waals surface area contributed by atoms with Crippen LogP contribution in [0.25, 0.3) is 11.0 Å². The molecule has 2 aromatic carbocycles. The summed E-state index contributed by atoms with van der Waals surface area (Å²) in [5.41, 5.74) is 2.92. The molecule has 1 fully saturated rings. The zero-order chi connectivity index (χ0) is 22.6. The first-order valence-electron chi connectivity index (χ1n) is 11.1. The molecule has 0 saturated carbocycles. The summed E-state index contributed by atoms with van der Waals surface area (Å²) < 4.78 is 2.08. The zero-order valence-electron chi connectivity index (χ0n) is 18.7. The second-order valence-electron chi connectivity index (χ2n) is 8.53. The van der Waals surface area contributed by atoms with Crippen LogP contribution in [0.3, 0.4) is 0 Å². The van der Waals surface area contributed by atoms with E-state index in [9.17, 15) is 9.59 Å². The van der Waals surface area contributed by atoms with Gasteiger partial charge in [0.05, 0.1) is 11.0 Å². The lowest BCUT2D eigenvalue weighted by Gasteiger charge is -2.29. The van der Waals surface area contributed by atoms with Crippen molar-refractivity contribution < 1.29 is 9.59 Å². The molecular weight excluding hydrogens is 420 g/mol. The summed E-state index contributed by atoms with van der Waals surface area (Å²) in [7, 11) is 2.00. The Hall–Kier alpha value is -2.80. The molecule has 1 atom stereocenters. The van der Waals surface area contributed by atoms with E-state index in [-0.39, 0.29) is 17.4 Å². The van der Waals surface area contributed by atoms with Crippen molar-refractivity contribution in [1.82, 2.24) is 20.2 Å². The maximum absolute atomic E-state index is 12.6. The van der Waals surface area contributed by atoms with Crippen LogP contribution in [0, 0.1) is 0 Å². The third-order valence-electron chi connectivity index (χ3n) is 6.32. The van der Waals surface area contributed by atoms with Gasteiger partial charge in [-0.25, -0.2) is 4.98 Å². The number of para-hydroxylation sites is 2. The van der Waals surface area contributed by atoms with Gasteiger partial charge >= 0.3 is 0 Å². The number of hydrogen-bond donors (Lipinski definition) is 2. The van der Waals surface area contributed by atoms with Crippen molar-refractivity contribution in [3.8, 4) is 0 Å². The maximum Gasteiger partial charge on any atom is 0.220 e. The second-order valence-corrected chi connectivity index (χ2v) is 9.41. The molecule has 168 valence electrons. The predicted octanol–water partition coefficient (Wildman–Crippen LogP) is 3.63. The fraction of sp³-hybridized carbons (Fsp3) is 0.400. The minimum Gasteiger partial charge on any atom is -0.356 e. The van der Waals surface area contributed by atoms with Gasteiger partial charge in [0.1, 0.15) is 5.82 Å². The molecule has 0 spiro atoms. The summed E-state index contributed by atoms with van der Waals surface area (Å²) >= 11 is 1.71. The zero-order valence-corrected chi connectivity index (χ0v) is 19.5. The number of aryl methyl sites for hydroxylation is 1. The van der Waals surface area contributed by atoms with Crippen LogP contribution < -0.4 is 10.6 Å². The van der Waals surface area contributed by atoms with Crippen LogP contribution in [0.5, 0.6) is 0 Å². The minimum absolute atomic E-state index is 0.0158. The summed E-state index contributed by atoms with van der Waals surface area (Å²) in [4.78, 5) is 30.4. The summed E-state index contributed by atoms with van der Waals surface area (Å²) in [5.74, 6) is 1.05. The van der Waals surface area contributed by atoms with Gasteiger partial charge in [-0.2, -0.15) is 0 Å². The molecule has 1 unspecified atom stereocenters. The molecular formula is C25H30N4O2S. The van der Waals surface area contributed by atoms with E-state index in [1.165, 1.54) is 10.5 Å². The normalized spacial score (nSPS) is 18.1. The van der Waals surface area contributed by atoms with Crippen molar-refractivity contribution in [2.24, 2.45) is 7.05 Å². The van der Waals surface area contributed by atoms with Gasteiger partial charge in [-0.1, -0.05) is 24.3 Å². The molecule has 1 saturated heterocycles. The quantitative estimate of drug-likeness (QED) is 0.488. The number of carbonyl (C=O) groups is 2. The molecule has 2 N–H and O–H groups in total. The molecule has 1 aliphatic heterocycles. The van der Waals surface area contributed by atoms with Crippen molar-refractivity contribution in [3.63, 3.8) is 0 Å². The van der Waals surface area contributed by atoms with Gasteiger partial charge < -0.3 is 15.2 Å². The molecule has 2 amide bonds. The first kappa shape index (κ1) is 22.4. The Bertz CT molecular complexity index is 1110. The lowest BCUT2D eigenvalue weighted by molar-refractivity contribution is -0.122. The SMILES string of the molecule is CSc1ccc(CC2(CCC(=O)NCCc3nc4ccccc4n3C)CCC(=O)N2)cc1. The number of carbonyl (C=O) groups excluding carboxylic acids is 2. The number of rotatable bonds is 9. The fourth-order valence-electron chi connectivity index (χ4n) is 4.49. The van der Waals surface area contributed by atoms with Gasteiger partial charge in [0.25, 0.3) is 0 Å². The van der Waals surface area contributed by atoms with E-state index in [2.05, 4.69) is 50.7 Å². The number of nitrogens with one attached hydrogen (secondary N) is 2. The Morgan fingerprint density at radius 3 is 2.69 bits per heavy atom. The molecule has 4 rings (SSSR count). The highest BCUT2D eigenvalue weighted by atomic mass is 32.2. The van der Waals surface area contributed by atoms with E-state index in [0.29, 0.717) is 32.2 Å². The van der Waals surface area contributed by atoms with Crippen LogP contribution in [0.15, 0.2) is 53.4 Å². The Labute approximate surface area is 193 Å². The van der Waals surface area contributed by atoms with E-state index in [1.807, 2.05) is 31.3 Å². The molecule has 7 heteroatoms. The molecule has 3 aromatic rings. The first-order valence-corrected chi connectivity index (χ1v) is 12.3. The molecule has 1 aromatic heterocycles. The topological polar surface area (TPSA) is 76.0 Å². The minimum atomic E-state index is -0.341. The smallest absolute Gasteiger partial charge is 0.220 e. The third kappa shape index (κ3) is 5.15. The number of nitrogens with zero attached hydrogens (tertiary/aromatic N) is 2. The van der Waals surface area contributed by atoms with Crippen molar-refractivity contribution in [3.05, 3.63) is 59.9 Å². The van der Waals surface area contributed by atoms with Crippen molar-refractivity contribution in [1.29, 1.82) is 0 Å². The number of imidazole rings is 1. The number of hydrogen-bond acceptors (Lipinski definition) is 4. The average molecular weight is 451 g/mol. The van der Waals surface area contributed by atoms with E-state index in [0.717, 1.165) is 29.7 Å². The van der Waals surface area contributed by atoms with E-state index >= 15 is 0 Å². The molecule has 0 bridgehead atoms. The lowest BCUT2D eigenvalue weighted by atomic mass is 9.85. The second kappa shape index (κ2) is 9.77. The van der Waals surface area contributed by atoms with E-state index in [1.54, 1.807) is 11.8 Å². The first-order chi connectivity index (χ1) is 15.5. The number of thioether (sulfide) groups is 1. The summed E-state index contributed by atoms with van der Waals surface area (Å²) in [6.45, 7) is 0.547. The molecule has 0 radical (unpaired) electrons. The van der Waals surface area contributed by atoms with Gasteiger partial charge in [-0.3, -0.25) is 9.59 Å². The van der Waals surface area contributed by atoms with Crippen LogP contribution in [-0.2, 0) is 29.5 Å². The highest BCUT2D eigenvalue weighted by Crippen LogP contribution is 2.30. The van der Waals surface area contributed by atoms with Crippen molar-refractivity contribution in [2.75, 3.05) is 12.8 Å². The van der Waals surface area contributed by atoms with Crippen LogP contribution in [0.1, 0.15) is 37.1 Å². The van der Waals surface area contributed by atoms with Crippen molar-refractivity contribution >= 4 is 34.6 Å². The summed E-state index contributed by atoms with van der Waals surface area (Å²) in [6.07, 6.45) is 5.82. The Kier molecular flexibility index (Phi) is 6.84. The number of fused-ring (bicyclic) bond motifs is 1. The standard InChI is InChI=1S/C25H30N4O2S/c1-29-21-6-4-3-5-20(21)27-22(29)13-16-26-23(30)11-14-25(15-12-24(31)28-25)17-18-7-9-19(32-2)10-8-18/h3-10H,11-17H2,1-2H3,(H,26,30)(H,28,31). The highest BCUT2D eigenvalue weighted by Gasteiger charge is 2.37. The van der Waals surface area contributed by atoms with Crippen LogP contribution >= 0.6 is 11.8 Å². The Morgan fingerprint density at radius 1 is 1.22 bits per heavy atom. The van der Waals surface area contributed by atoms with E-state index < -0.39 is 0 Å². The number of aromatic nitrogens is 2. The Balaban J connectivity index is 1.31. The number of benzene rings is 2. The largest absolute Gasteiger partial charge is 0.356 e. The maximum atomic E-state index is 12.6. The molecule has 2 heterocycles. The molecule has 32 heavy (non-hydrogen) atoms.